The molecule has 16 heavy (non-hydrogen) atoms. The highest BCUT2D eigenvalue weighted by Crippen LogP contribution is 2.05. The van der Waals surface area contributed by atoms with Gasteiger partial charge in [-0.1, -0.05) is 20.3 Å². The van der Waals surface area contributed by atoms with Crippen molar-refractivity contribution >= 4 is 5.82 Å². The second kappa shape index (κ2) is 8.05. The number of rotatable bonds is 8. The van der Waals surface area contributed by atoms with Crippen LogP contribution >= 0.6 is 0 Å². The Morgan fingerprint density at radius 2 is 2.06 bits per heavy atom. The summed E-state index contributed by atoms with van der Waals surface area (Å²) in [6.07, 6.45) is 4.89. The molecule has 0 aliphatic rings. The van der Waals surface area contributed by atoms with Gasteiger partial charge < -0.3 is 10.6 Å². The van der Waals surface area contributed by atoms with Gasteiger partial charge in [-0.25, -0.2) is 9.97 Å². The molecule has 1 aromatic rings. The Morgan fingerprint density at radius 1 is 1.19 bits per heavy atom. The van der Waals surface area contributed by atoms with Crippen molar-refractivity contribution in [3.05, 3.63) is 18.1 Å². The smallest absolute Gasteiger partial charge is 0.129 e. The van der Waals surface area contributed by atoms with Crippen LogP contribution in [-0.4, -0.2) is 29.6 Å². The van der Waals surface area contributed by atoms with Crippen molar-refractivity contribution in [2.24, 2.45) is 0 Å². The number of nitrogens with one attached hydrogen (secondary N) is 2. The maximum Gasteiger partial charge on any atom is 0.129 e. The molecule has 90 valence electrons. The van der Waals surface area contributed by atoms with Crippen molar-refractivity contribution in [3.63, 3.8) is 0 Å². The molecule has 1 heterocycles. The van der Waals surface area contributed by atoms with E-state index in [2.05, 4.69) is 34.4 Å². The molecule has 0 fully saturated rings. The Labute approximate surface area is 97.9 Å². The average molecular weight is 222 g/mol. The Morgan fingerprint density at radius 3 is 2.81 bits per heavy atom. The molecule has 0 unspecified atom stereocenters. The van der Waals surface area contributed by atoms with Gasteiger partial charge in [0.1, 0.15) is 12.1 Å². The van der Waals surface area contributed by atoms with Crippen LogP contribution in [0.25, 0.3) is 0 Å². The molecule has 0 bridgehead atoms. The summed E-state index contributed by atoms with van der Waals surface area (Å²) in [6, 6.07) is 2.04. The molecule has 0 aromatic carbocycles. The lowest BCUT2D eigenvalue weighted by atomic mass is 10.2. The van der Waals surface area contributed by atoms with E-state index < -0.39 is 0 Å². The van der Waals surface area contributed by atoms with Crippen LogP contribution in [0, 0.1) is 0 Å². The van der Waals surface area contributed by atoms with Crippen molar-refractivity contribution in [1.29, 1.82) is 0 Å². The molecule has 0 aliphatic carbocycles. The van der Waals surface area contributed by atoms with Crippen LogP contribution < -0.4 is 10.6 Å². The van der Waals surface area contributed by atoms with Crippen LogP contribution in [0.1, 0.15) is 32.4 Å². The number of aryl methyl sites for hydroxylation is 1. The van der Waals surface area contributed by atoms with Crippen LogP contribution in [0.3, 0.4) is 0 Å². The SMILES string of the molecule is CCCc1cc(NCCCNCC)ncn1. The summed E-state index contributed by atoms with van der Waals surface area (Å²) in [5, 5.41) is 6.60. The van der Waals surface area contributed by atoms with E-state index in [9.17, 15) is 0 Å². The second-order valence-electron chi connectivity index (χ2n) is 3.78. The van der Waals surface area contributed by atoms with Crippen LogP contribution in [0.2, 0.25) is 0 Å². The second-order valence-corrected chi connectivity index (χ2v) is 3.78. The van der Waals surface area contributed by atoms with E-state index in [1.807, 2.05) is 6.07 Å². The van der Waals surface area contributed by atoms with E-state index in [4.69, 9.17) is 0 Å². The summed E-state index contributed by atoms with van der Waals surface area (Å²) in [5.74, 6) is 0.940. The molecule has 0 atom stereocenters. The predicted octanol–water partition coefficient (Wildman–Crippen LogP) is 1.84. The van der Waals surface area contributed by atoms with Gasteiger partial charge in [-0.3, -0.25) is 0 Å². The molecule has 1 aromatic heterocycles. The van der Waals surface area contributed by atoms with Gasteiger partial charge >= 0.3 is 0 Å². The normalized spacial score (nSPS) is 10.4. The lowest BCUT2D eigenvalue weighted by Crippen LogP contribution is -2.17. The number of hydrogen-bond acceptors (Lipinski definition) is 4. The van der Waals surface area contributed by atoms with Crippen LogP contribution in [-0.2, 0) is 6.42 Å². The zero-order chi connectivity index (χ0) is 11.6. The van der Waals surface area contributed by atoms with Gasteiger partial charge in [-0.05, 0) is 25.9 Å². The zero-order valence-electron chi connectivity index (χ0n) is 10.3. The minimum Gasteiger partial charge on any atom is -0.370 e. The molecule has 0 saturated heterocycles. The van der Waals surface area contributed by atoms with Crippen LogP contribution in [0.5, 0.6) is 0 Å². The molecule has 4 nitrogen and oxygen atoms in total. The molecule has 0 aliphatic heterocycles. The van der Waals surface area contributed by atoms with Gasteiger partial charge in [-0.2, -0.15) is 0 Å². The highest BCUT2D eigenvalue weighted by atomic mass is 15.0. The molecule has 4 heteroatoms. The summed E-state index contributed by atoms with van der Waals surface area (Å²) in [4.78, 5) is 8.42. The van der Waals surface area contributed by atoms with Gasteiger partial charge in [0.25, 0.3) is 0 Å². The first-order valence-corrected chi connectivity index (χ1v) is 6.12. The molecule has 0 amide bonds. The fraction of sp³-hybridized carbons (Fsp3) is 0.667. The van der Waals surface area contributed by atoms with Crippen molar-refractivity contribution in [2.45, 2.75) is 33.1 Å². The van der Waals surface area contributed by atoms with Crippen LogP contribution in [0.15, 0.2) is 12.4 Å². The molecule has 2 N–H and O–H groups in total. The topological polar surface area (TPSA) is 49.8 Å². The van der Waals surface area contributed by atoms with Crippen molar-refractivity contribution < 1.29 is 0 Å². The molecule has 0 spiro atoms. The first-order valence-electron chi connectivity index (χ1n) is 6.12. The van der Waals surface area contributed by atoms with Crippen LogP contribution in [0.4, 0.5) is 5.82 Å². The number of aromatic nitrogens is 2. The van der Waals surface area contributed by atoms with Gasteiger partial charge in [0, 0.05) is 18.3 Å². The van der Waals surface area contributed by atoms with Crippen molar-refractivity contribution in [2.75, 3.05) is 25.0 Å². The summed E-state index contributed by atoms with van der Waals surface area (Å²) >= 11 is 0. The van der Waals surface area contributed by atoms with E-state index in [-0.39, 0.29) is 0 Å². The number of anilines is 1. The highest BCUT2D eigenvalue weighted by molar-refractivity contribution is 5.34. The van der Waals surface area contributed by atoms with E-state index >= 15 is 0 Å². The summed E-state index contributed by atoms with van der Waals surface area (Å²) in [6.45, 7) is 7.32. The largest absolute Gasteiger partial charge is 0.370 e. The molecule has 1 rings (SSSR count). The van der Waals surface area contributed by atoms with E-state index in [0.717, 1.165) is 50.4 Å². The molecular weight excluding hydrogens is 200 g/mol. The maximum atomic E-state index is 4.22. The number of hydrogen-bond donors (Lipinski definition) is 2. The third-order valence-corrected chi connectivity index (χ3v) is 2.32. The van der Waals surface area contributed by atoms with Gasteiger partial charge in [0.05, 0.1) is 0 Å². The minimum atomic E-state index is 0.940. The lowest BCUT2D eigenvalue weighted by Gasteiger charge is -2.06. The molecule has 0 radical (unpaired) electrons. The summed E-state index contributed by atoms with van der Waals surface area (Å²) < 4.78 is 0. The van der Waals surface area contributed by atoms with E-state index in [1.165, 1.54) is 0 Å². The minimum absolute atomic E-state index is 0.940. The Kier molecular flexibility index (Phi) is 6.49. The zero-order valence-corrected chi connectivity index (χ0v) is 10.3. The highest BCUT2D eigenvalue weighted by Gasteiger charge is 1.97. The van der Waals surface area contributed by atoms with E-state index in [1.54, 1.807) is 6.33 Å². The quantitative estimate of drug-likeness (QED) is 0.659. The predicted molar refractivity (Wildman–Crippen MR) is 67.7 cm³/mol. The summed E-state index contributed by atoms with van der Waals surface area (Å²) in [7, 11) is 0. The van der Waals surface area contributed by atoms with E-state index in [0.29, 0.717) is 0 Å². The monoisotopic (exact) mass is 222 g/mol. The van der Waals surface area contributed by atoms with Gasteiger partial charge in [0.2, 0.25) is 0 Å². The average Bonchev–Trinajstić information content (AvgIpc) is 2.30. The maximum absolute atomic E-state index is 4.22. The lowest BCUT2D eigenvalue weighted by molar-refractivity contribution is 0.688. The van der Waals surface area contributed by atoms with Gasteiger partial charge in [0.15, 0.2) is 0 Å². The third-order valence-electron chi connectivity index (χ3n) is 2.32. The van der Waals surface area contributed by atoms with Crippen molar-refractivity contribution in [1.82, 2.24) is 15.3 Å². The first kappa shape index (κ1) is 12.9. The van der Waals surface area contributed by atoms with Crippen molar-refractivity contribution in [3.8, 4) is 0 Å². The molecule has 0 saturated carbocycles. The Balaban J connectivity index is 2.27. The first-order chi connectivity index (χ1) is 7.86. The third kappa shape index (κ3) is 5.07. The van der Waals surface area contributed by atoms with Gasteiger partial charge in [-0.15, -0.1) is 0 Å². The Hall–Kier alpha value is -1.16. The Bertz CT molecular complexity index is 288. The molecular formula is C12H22N4. The number of nitrogens with zero attached hydrogens (tertiary/aromatic N) is 2. The fourth-order valence-electron chi connectivity index (χ4n) is 1.49. The fourth-order valence-corrected chi connectivity index (χ4v) is 1.49. The summed E-state index contributed by atoms with van der Waals surface area (Å²) in [5.41, 5.74) is 1.12. The standard InChI is InChI=1S/C12H22N4/c1-3-6-11-9-12(16-10-15-11)14-8-5-7-13-4-2/h9-10,13H,3-8H2,1-2H3,(H,14,15,16).